The summed E-state index contributed by atoms with van der Waals surface area (Å²) in [5.41, 5.74) is 5.96. The first-order valence-corrected chi connectivity index (χ1v) is 22.3. The highest BCUT2D eigenvalue weighted by molar-refractivity contribution is 6.05. The minimum absolute atomic E-state index is 0.0565. The van der Waals surface area contributed by atoms with Crippen molar-refractivity contribution in [1.29, 1.82) is 0 Å². The van der Waals surface area contributed by atoms with Crippen molar-refractivity contribution < 1.29 is 53.1 Å². The van der Waals surface area contributed by atoms with Gasteiger partial charge in [0.15, 0.2) is 0 Å². The third kappa shape index (κ3) is 11.1. The second kappa shape index (κ2) is 21.3. The molecule has 344 valence electrons. The largest absolute Gasteiger partial charge is 0.507 e. The highest BCUT2D eigenvalue weighted by Crippen LogP contribution is 2.40. The van der Waals surface area contributed by atoms with Gasteiger partial charge in [-0.25, -0.2) is 0 Å². The molecule has 0 spiro atoms. The third-order valence-electron chi connectivity index (χ3n) is 12.4. The lowest BCUT2D eigenvalue weighted by Gasteiger charge is -2.34. The lowest BCUT2D eigenvalue weighted by atomic mass is 10.0. The maximum atomic E-state index is 13.9. The molecule has 0 bridgehead atoms. The van der Waals surface area contributed by atoms with Crippen LogP contribution in [0.3, 0.4) is 0 Å². The monoisotopic (exact) mass is 891 g/mol. The maximum Gasteiger partial charge on any atom is 0.262 e. The Hall–Kier alpha value is -6.04. The highest BCUT2D eigenvalue weighted by atomic mass is 16.6. The van der Waals surface area contributed by atoms with Gasteiger partial charge in [0.25, 0.3) is 11.8 Å². The molecule has 4 amide bonds. The van der Waals surface area contributed by atoms with E-state index < -0.39 is 11.9 Å². The number of piperidine rings is 1. The molecular formula is C49H57N5O11. The SMILES string of the molecule is Cc1c(O)cc(O)c(C(=O)N2Cc3ccc(CN4CCN(CCOCCOCCOCCOc5cccc6c5CN(C5CCC(=O)NC5=O)C6=O)CC4)cc3C2)c1OCc1ccccc1. The molecule has 0 saturated carbocycles. The van der Waals surface area contributed by atoms with Crippen molar-refractivity contribution in [2.24, 2.45) is 0 Å². The third-order valence-corrected chi connectivity index (χ3v) is 12.4. The van der Waals surface area contributed by atoms with Gasteiger partial charge in [-0.05, 0) is 47.7 Å². The topological polar surface area (TPSA) is 180 Å². The summed E-state index contributed by atoms with van der Waals surface area (Å²) in [7, 11) is 0. The van der Waals surface area contributed by atoms with Gasteiger partial charge in [0.05, 0.1) is 46.2 Å². The van der Waals surface area contributed by atoms with Crippen molar-refractivity contribution in [2.75, 3.05) is 79.0 Å². The number of piperazine rings is 1. The Morgan fingerprint density at radius 2 is 1.43 bits per heavy atom. The first-order valence-electron chi connectivity index (χ1n) is 22.3. The van der Waals surface area contributed by atoms with Crippen molar-refractivity contribution >= 4 is 23.6 Å². The summed E-state index contributed by atoms with van der Waals surface area (Å²) in [6.07, 6.45) is 0.515. The second-order valence-corrected chi connectivity index (χ2v) is 16.8. The molecule has 4 aromatic carbocycles. The summed E-state index contributed by atoms with van der Waals surface area (Å²) in [4.78, 5) is 59.0. The zero-order chi connectivity index (χ0) is 45.3. The minimum atomic E-state index is -0.673. The minimum Gasteiger partial charge on any atom is -0.507 e. The number of phenolic OH excluding ortho intramolecular Hbond substituents is 2. The number of fused-ring (bicyclic) bond motifs is 2. The van der Waals surface area contributed by atoms with E-state index in [0.717, 1.165) is 61.5 Å². The van der Waals surface area contributed by atoms with E-state index in [9.17, 15) is 29.4 Å². The van der Waals surface area contributed by atoms with E-state index in [-0.39, 0.29) is 60.1 Å². The van der Waals surface area contributed by atoms with E-state index in [1.807, 2.05) is 30.3 Å². The van der Waals surface area contributed by atoms with Crippen molar-refractivity contribution in [3.63, 3.8) is 0 Å². The number of aromatic hydroxyl groups is 2. The molecule has 4 aromatic rings. The predicted molar refractivity (Wildman–Crippen MR) is 237 cm³/mol. The zero-order valence-electron chi connectivity index (χ0n) is 36.8. The van der Waals surface area contributed by atoms with Gasteiger partial charge in [0.1, 0.15) is 47.8 Å². The zero-order valence-corrected chi connectivity index (χ0v) is 36.8. The molecule has 0 aromatic heterocycles. The van der Waals surface area contributed by atoms with Gasteiger partial charge in [-0.15, -0.1) is 0 Å². The number of nitrogens with zero attached hydrogens (tertiary/aromatic N) is 4. The summed E-state index contributed by atoms with van der Waals surface area (Å²) in [5.74, 6) is -1.02. The molecule has 3 N–H and O–H groups in total. The van der Waals surface area contributed by atoms with Crippen LogP contribution in [0, 0.1) is 6.92 Å². The predicted octanol–water partition coefficient (Wildman–Crippen LogP) is 4.15. The smallest absolute Gasteiger partial charge is 0.262 e. The van der Waals surface area contributed by atoms with Crippen LogP contribution in [0.5, 0.6) is 23.0 Å². The number of rotatable bonds is 20. The Morgan fingerprint density at radius 1 is 0.723 bits per heavy atom. The first kappa shape index (κ1) is 45.5. The number of hydrogen-bond donors (Lipinski definition) is 3. The molecule has 2 saturated heterocycles. The summed E-state index contributed by atoms with van der Waals surface area (Å²) in [6, 6.07) is 21.8. The Labute approximate surface area is 378 Å². The number of carbonyl (C=O) groups excluding carboxylic acids is 4. The molecule has 8 rings (SSSR count). The average Bonchev–Trinajstić information content (AvgIpc) is 3.89. The number of hydrogen-bond acceptors (Lipinski definition) is 13. The molecule has 16 nitrogen and oxygen atoms in total. The van der Waals surface area contributed by atoms with E-state index in [1.54, 1.807) is 30.0 Å². The van der Waals surface area contributed by atoms with Crippen molar-refractivity contribution in [3.05, 3.63) is 117 Å². The van der Waals surface area contributed by atoms with Gasteiger partial charge < -0.3 is 43.7 Å². The van der Waals surface area contributed by atoms with Crippen LogP contribution in [0.1, 0.15) is 66.9 Å². The van der Waals surface area contributed by atoms with Crippen LogP contribution < -0.4 is 14.8 Å². The van der Waals surface area contributed by atoms with Crippen LogP contribution in [-0.4, -0.2) is 138 Å². The van der Waals surface area contributed by atoms with Crippen LogP contribution in [0.25, 0.3) is 0 Å². The lowest BCUT2D eigenvalue weighted by molar-refractivity contribution is -0.136. The molecular weight excluding hydrogens is 835 g/mol. The number of imide groups is 1. The fraction of sp³-hybridized carbons (Fsp3) is 0.429. The second-order valence-electron chi connectivity index (χ2n) is 16.8. The van der Waals surface area contributed by atoms with Gasteiger partial charge in [0.2, 0.25) is 11.8 Å². The quantitative estimate of drug-likeness (QED) is 0.0853. The highest BCUT2D eigenvalue weighted by Gasteiger charge is 2.40. The summed E-state index contributed by atoms with van der Waals surface area (Å²) >= 11 is 0. The normalized spacial score (nSPS) is 17.6. The summed E-state index contributed by atoms with van der Waals surface area (Å²) in [6.45, 7) is 11.5. The summed E-state index contributed by atoms with van der Waals surface area (Å²) < 4.78 is 29.2. The molecule has 1 unspecified atom stereocenters. The van der Waals surface area contributed by atoms with E-state index in [1.165, 1.54) is 16.5 Å². The van der Waals surface area contributed by atoms with Gasteiger partial charge in [-0.2, -0.15) is 0 Å². The first-order chi connectivity index (χ1) is 31.6. The van der Waals surface area contributed by atoms with E-state index in [2.05, 4.69) is 33.3 Å². The molecule has 4 heterocycles. The standard InChI is InChI=1S/C49H57N5O11/c1-33-41(55)27-42(56)45(46(33)65-32-34-6-3-2-4-7-34)49(60)53-29-36-11-10-35(26-37(36)30-53)28-52-16-14-51(15-17-52)18-19-61-20-21-62-22-23-63-24-25-64-43-9-5-8-38-39(43)31-54(48(38)59)40-12-13-44(57)50-47(40)58/h2-11,26-27,40,55-56H,12-25,28-32H2,1H3,(H,50,57,58). The number of ether oxygens (including phenoxy) is 5. The molecule has 65 heavy (non-hydrogen) atoms. The van der Waals surface area contributed by atoms with Crippen LogP contribution in [0.2, 0.25) is 0 Å². The Morgan fingerprint density at radius 3 is 2.18 bits per heavy atom. The molecule has 4 aliphatic heterocycles. The average molecular weight is 892 g/mol. The van der Waals surface area contributed by atoms with Crippen LogP contribution in [-0.2, 0) is 56.6 Å². The molecule has 0 radical (unpaired) electrons. The van der Waals surface area contributed by atoms with Crippen LogP contribution >= 0.6 is 0 Å². The molecule has 0 aliphatic carbocycles. The number of benzene rings is 4. The van der Waals surface area contributed by atoms with Crippen molar-refractivity contribution in [3.8, 4) is 23.0 Å². The van der Waals surface area contributed by atoms with Gasteiger partial charge >= 0.3 is 0 Å². The Kier molecular flexibility index (Phi) is 14.9. The Bertz CT molecular complexity index is 2350. The molecule has 1 atom stereocenters. The summed E-state index contributed by atoms with van der Waals surface area (Å²) in [5, 5.41) is 23.6. The molecule has 2 fully saturated rings. The van der Waals surface area contributed by atoms with E-state index in [0.29, 0.717) is 82.6 Å². The molecule has 16 heteroatoms. The fourth-order valence-electron chi connectivity index (χ4n) is 8.76. The number of nitrogens with one attached hydrogen (secondary N) is 1. The lowest BCUT2D eigenvalue weighted by Crippen LogP contribution is -2.52. The van der Waals surface area contributed by atoms with Gasteiger partial charge in [0, 0.05) is 81.5 Å². The van der Waals surface area contributed by atoms with E-state index >= 15 is 0 Å². The van der Waals surface area contributed by atoms with Gasteiger partial charge in [-0.3, -0.25) is 34.3 Å². The number of phenols is 2. The van der Waals surface area contributed by atoms with Crippen LogP contribution in [0.4, 0.5) is 0 Å². The van der Waals surface area contributed by atoms with Crippen LogP contribution in [0.15, 0.2) is 72.8 Å². The van der Waals surface area contributed by atoms with Crippen molar-refractivity contribution in [2.45, 2.75) is 58.6 Å². The van der Waals surface area contributed by atoms with Crippen molar-refractivity contribution in [1.82, 2.24) is 24.9 Å². The molecule has 4 aliphatic rings. The maximum absolute atomic E-state index is 13.9. The van der Waals surface area contributed by atoms with E-state index in [4.69, 9.17) is 23.7 Å². The fourth-order valence-corrected chi connectivity index (χ4v) is 8.76. The number of amides is 4. The Balaban J connectivity index is 0.675. The number of carbonyl (C=O) groups is 4. The van der Waals surface area contributed by atoms with Gasteiger partial charge in [-0.1, -0.05) is 54.6 Å².